The average molecular weight is 263 g/mol. The van der Waals surface area contributed by atoms with Crippen LogP contribution in [0, 0.1) is 23.7 Å². The summed E-state index contributed by atoms with van der Waals surface area (Å²) in [5.41, 5.74) is 6.05. The summed E-state index contributed by atoms with van der Waals surface area (Å²) < 4.78 is 0. The predicted octanol–water partition coefficient (Wildman–Crippen LogP) is 1.38. The largest absolute Gasteiger partial charge is 0.347 e. The maximum absolute atomic E-state index is 12.1. The molecule has 96 valence electrons. The first-order valence-corrected chi connectivity index (χ1v) is 7.61. The van der Waals surface area contributed by atoms with Crippen molar-refractivity contribution in [3.05, 3.63) is 16.1 Å². The number of hydrogen-bond acceptors (Lipinski definition) is 4. The first-order chi connectivity index (χ1) is 8.78. The van der Waals surface area contributed by atoms with Gasteiger partial charge in [-0.15, -0.1) is 11.3 Å². The first-order valence-electron chi connectivity index (χ1n) is 6.73. The van der Waals surface area contributed by atoms with E-state index in [2.05, 4.69) is 10.3 Å². The van der Waals surface area contributed by atoms with E-state index in [4.69, 9.17) is 5.73 Å². The average Bonchev–Trinajstić information content (AvgIpc) is 2.87. The lowest BCUT2D eigenvalue weighted by molar-refractivity contribution is 0.0940. The fraction of sp³-hybridized carbons (Fsp3) is 0.692. The van der Waals surface area contributed by atoms with E-state index in [-0.39, 0.29) is 5.91 Å². The molecule has 1 heterocycles. The molecule has 0 radical (unpaired) electrons. The number of aromatic nitrogens is 1. The van der Waals surface area contributed by atoms with Crippen LogP contribution in [-0.2, 0) is 6.54 Å². The molecule has 0 saturated heterocycles. The Morgan fingerprint density at radius 2 is 2.17 bits per heavy atom. The van der Waals surface area contributed by atoms with Crippen LogP contribution in [0.4, 0.5) is 0 Å². The molecule has 4 unspecified atom stereocenters. The van der Waals surface area contributed by atoms with E-state index < -0.39 is 0 Å². The molecule has 3 saturated carbocycles. The van der Waals surface area contributed by atoms with Gasteiger partial charge in [-0.1, -0.05) is 0 Å². The molecule has 4 nitrogen and oxygen atoms in total. The summed E-state index contributed by atoms with van der Waals surface area (Å²) in [7, 11) is 0. The second-order valence-corrected chi connectivity index (χ2v) is 6.76. The molecule has 1 amide bonds. The van der Waals surface area contributed by atoms with Crippen LogP contribution in [0.15, 0.2) is 5.38 Å². The van der Waals surface area contributed by atoms with E-state index in [1.165, 1.54) is 30.6 Å². The van der Waals surface area contributed by atoms with Gasteiger partial charge >= 0.3 is 0 Å². The van der Waals surface area contributed by atoms with Crippen molar-refractivity contribution in [3.63, 3.8) is 0 Å². The molecule has 4 atom stereocenters. The minimum Gasteiger partial charge on any atom is -0.347 e. The molecule has 0 aliphatic heterocycles. The molecule has 3 fully saturated rings. The summed E-state index contributed by atoms with van der Waals surface area (Å²) in [6.45, 7) is 0.413. The molecule has 5 heteroatoms. The molecule has 0 spiro atoms. The molecule has 18 heavy (non-hydrogen) atoms. The highest BCUT2D eigenvalue weighted by atomic mass is 32.1. The third-order valence-corrected chi connectivity index (χ3v) is 5.86. The molecule has 1 aromatic rings. The standard InChI is InChI=1S/C13H17N3OS/c14-4-9-15-8(5-18-9)13(17)16-12-10-6-1-2-7(3-6)11(10)12/h5-7,10-12H,1-4,14H2,(H,16,17). The van der Waals surface area contributed by atoms with Crippen LogP contribution < -0.4 is 11.1 Å². The number of amides is 1. The SMILES string of the molecule is NCc1nc(C(=O)NC2C3C4CCC(C4)C23)cs1. The number of fused-ring (bicyclic) bond motifs is 5. The zero-order chi connectivity index (χ0) is 12.3. The van der Waals surface area contributed by atoms with E-state index >= 15 is 0 Å². The molecule has 3 aliphatic rings. The Balaban J connectivity index is 1.43. The molecule has 4 rings (SSSR count). The topological polar surface area (TPSA) is 68.0 Å². The maximum atomic E-state index is 12.1. The quantitative estimate of drug-likeness (QED) is 0.865. The van der Waals surface area contributed by atoms with Crippen molar-refractivity contribution in [1.82, 2.24) is 10.3 Å². The summed E-state index contributed by atoms with van der Waals surface area (Å²) in [5, 5.41) is 5.81. The van der Waals surface area contributed by atoms with E-state index in [1.54, 1.807) is 0 Å². The van der Waals surface area contributed by atoms with Crippen molar-refractivity contribution in [2.75, 3.05) is 0 Å². The van der Waals surface area contributed by atoms with Crippen LogP contribution in [-0.4, -0.2) is 16.9 Å². The third-order valence-electron chi connectivity index (χ3n) is 4.99. The normalized spacial score (nSPS) is 39.7. The van der Waals surface area contributed by atoms with Crippen molar-refractivity contribution in [2.24, 2.45) is 29.4 Å². The summed E-state index contributed by atoms with van der Waals surface area (Å²) in [6, 6.07) is 0.437. The highest BCUT2D eigenvalue weighted by Gasteiger charge is 2.65. The Kier molecular flexibility index (Phi) is 2.29. The molecular formula is C13H17N3OS. The lowest BCUT2D eigenvalue weighted by Crippen LogP contribution is -2.30. The van der Waals surface area contributed by atoms with Crippen molar-refractivity contribution in [2.45, 2.75) is 31.8 Å². The Morgan fingerprint density at radius 1 is 1.44 bits per heavy atom. The number of nitrogens with zero attached hydrogens (tertiary/aromatic N) is 1. The van der Waals surface area contributed by atoms with E-state index in [0.717, 1.165) is 28.7 Å². The summed E-state index contributed by atoms with van der Waals surface area (Å²) in [5.74, 6) is 3.33. The Bertz CT molecular complexity index is 484. The molecule has 2 bridgehead atoms. The molecule has 3 N–H and O–H groups in total. The van der Waals surface area contributed by atoms with Crippen molar-refractivity contribution in [3.8, 4) is 0 Å². The predicted molar refractivity (Wildman–Crippen MR) is 69.1 cm³/mol. The number of carbonyl (C=O) groups is 1. The van der Waals surface area contributed by atoms with Crippen molar-refractivity contribution < 1.29 is 4.79 Å². The van der Waals surface area contributed by atoms with Gasteiger partial charge in [0.25, 0.3) is 5.91 Å². The van der Waals surface area contributed by atoms with Gasteiger partial charge in [0.1, 0.15) is 10.7 Å². The van der Waals surface area contributed by atoms with Crippen LogP contribution >= 0.6 is 11.3 Å². The van der Waals surface area contributed by atoms with E-state index in [1.807, 2.05) is 5.38 Å². The van der Waals surface area contributed by atoms with Gasteiger partial charge in [-0.2, -0.15) is 0 Å². The third kappa shape index (κ3) is 1.47. The van der Waals surface area contributed by atoms with Crippen LogP contribution in [0.5, 0.6) is 0 Å². The number of nitrogens with two attached hydrogens (primary N) is 1. The maximum Gasteiger partial charge on any atom is 0.270 e. The number of rotatable bonds is 3. The lowest BCUT2D eigenvalue weighted by atomic mass is 10.0. The smallest absolute Gasteiger partial charge is 0.270 e. The van der Waals surface area contributed by atoms with Crippen LogP contribution in [0.3, 0.4) is 0 Å². The molecule has 1 aromatic heterocycles. The van der Waals surface area contributed by atoms with Crippen LogP contribution in [0.1, 0.15) is 34.8 Å². The van der Waals surface area contributed by atoms with Gasteiger partial charge in [0.15, 0.2) is 0 Å². The zero-order valence-corrected chi connectivity index (χ0v) is 11.0. The number of thiazole rings is 1. The van der Waals surface area contributed by atoms with Gasteiger partial charge in [-0.3, -0.25) is 4.79 Å². The number of hydrogen-bond donors (Lipinski definition) is 2. The van der Waals surface area contributed by atoms with Gasteiger partial charge in [0.05, 0.1) is 0 Å². The fourth-order valence-corrected chi connectivity index (χ4v) is 4.91. The van der Waals surface area contributed by atoms with Crippen LogP contribution in [0.25, 0.3) is 0 Å². The second kappa shape index (κ2) is 3.78. The van der Waals surface area contributed by atoms with Gasteiger partial charge < -0.3 is 11.1 Å². The zero-order valence-electron chi connectivity index (χ0n) is 10.1. The summed E-state index contributed by atoms with van der Waals surface area (Å²) in [6.07, 6.45) is 4.17. The summed E-state index contributed by atoms with van der Waals surface area (Å²) in [4.78, 5) is 16.3. The second-order valence-electron chi connectivity index (χ2n) is 5.82. The fourth-order valence-electron chi connectivity index (χ4n) is 4.25. The van der Waals surface area contributed by atoms with Gasteiger partial charge in [0.2, 0.25) is 0 Å². The first kappa shape index (κ1) is 10.9. The van der Waals surface area contributed by atoms with E-state index in [0.29, 0.717) is 18.3 Å². The molecular weight excluding hydrogens is 246 g/mol. The van der Waals surface area contributed by atoms with Crippen LogP contribution in [0.2, 0.25) is 0 Å². The Labute approximate surface area is 110 Å². The minimum absolute atomic E-state index is 0.00949. The number of carbonyl (C=O) groups excluding carboxylic acids is 1. The molecule has 3 aliphatic carbocycles. The minimum atomic E-state index is -0.00949. The van der Waals surface area contributed by atoms with Crippen molar-refractivity contribution >= 4 is 17.2 Å². The summed E-state index contributed by atoms with van der Waals surface area (Å²) >= 11 is 1.46. The lowest BCUT2D eigenvalue weighted by Gasteiger charge is -2.09. The number of nitrogens with one attached hydrogen (secondary N) is 1. The van der Waals surface area contributed by atoms with Gasteiger partial charge in [0, 0.05) is 18.0 Å². The van der Waals surface area contributed by atoms with Gasteiger partial charge in [-0.25, -0.2) is 4.98 Å². The highest BCUT2D eigenvalue weighted by Crippen LogP contribution is 2.65. The van der Waals surface area contributed by atoms with E-state index in [9.17, 15) is 4.79 Å². The Morgan fingerprint density at radius 3 is 2.78 bits per heavy atom. The Hall–Kier alpha value is -0.940. The monoisotopic (exact) mass is 263 g/mol. The van der Waals surface area contributed by atoms with Gasteiger partial charge in [-0.05, 0) is 42.9 Å². The molecule has 0 aromatic carbocycles. The van der Waals surface area contributed by atoms with Crippen molar-refractivity contribution in [1.29, 1.82) is 0 Å². The highest BCUT2D eigenvalue weighted by molar-refractivity contribution is 7.09.